The molecule has 1 atom stereocenters. The van der Waals surface area contributed by atoms with Crippen LogP contribution in [-0.2, 0) is 14.3 Å². The van der Waals surface area contributed by atoms with Crippen LogP contribution in [0.3, 0.4) is 0 Å². The number of unbranched alkanes of at least 4 members (excludes halogenated alkanes) is 1. The van der Waals surface area contributed by atoms with Crippen LogP contribution in [0.2, 0.25) is 0 Å². The van der Waals surface area contributed by atoms with E-state index in [0.717, 1.165) is 17.4 Å². The minimum Gasteiger partial charge on any atom is -0.467 e. The van der Waals surface area contributed by atoms with Crippen LogP contribution in [0.25, 0.3) is 10.2 Å². The highest BCUT2D eigenvalue weighted by Crippen LogP contribution is 2.22. The Balaban J connectivity index is 2.43. The summed E-state index contributed by atoms with van der Waals surface area (Å²) in [5.74, 6) is -1.11. The second-order valence-corrected chi connectivity index (χ2v) is 5.83. The zero-order valence-corrected chi connectivity index (χ0v) is 14.0. The maximum atomic E-state index is 12.6. The Morgan fingerprint density at radius 2 is 2.17 bits per heavy atom. The molecule has 0 radical (unpaired) electrons. The molecule has 0 N–H and O–H groups in total. The number of esters is 2. The molecule has 0 spiro atoms. The van der Waals surface area contributed by atoms with E-state index in [1.54, 1.807) is 5.38 Å². The molecule has 2 aromatic heterocycles. The van der Waals surface area contributed by atoms with Crippen LogP contribution in [0.5, 0.6) is 0 Å². The summed E-state index contributed by atoms with van der Waals surface area (Å²) in [5, 5.41) is 1.73. The van der Waals surface area contributed by atoms with Gasteiger partial charge in [0.05, 0.1) is 31.0 Å². The molecule has 7 nitrogen and oxygen atoms in total. The highest BCUT2D eigenvalue weighted by molar-refractivity contribution is 7.17. The Kier molecular flexibility index (Phi) is 5.49. The van der Waals surface area contributed by atoms with E-state index >= 15 is 0 Å². The first-order valence-corrected chi connectivity index (χ1v) is 8.12. The normalized spacial score (nSPS) is 12.1. The second kappa shape index (κ2) is 7.36. The van der Waals surface area contributed by atoms with Crippen LogP contribution in [0.15, 0.2) is 16.5 Å². The summed E-state index contributed by atoms with van der Waals surface area (Å²) in [6.07, 6.45) is 2.95. The molecular formula is C15H18N2O5S. The lowest BCUT2D eigenvalue weighted by Crippen LogP contribution is -2.29. The van der Waals surface area contributed by atoms with Crippen molar-refractivity contribution in [3.63, 3.8) is 0 Å². The predicted molar refractivity (Wildman–Crippen MR) is 85.8 cm³/mol. The van der Waals surface area contributed by atoms with E-state index in [4.69, 9.17) is 4.74 Å². The number of hydrogen-bond acceptors (Lipinski definition) is 7. The van der Waals surface area contributed by atoms with Gasteiger partial charge >= 0.3 is 11.9 Å². The molecule has 1 unspecified atom stereocenters. The lowest BCUT2D eigenvalue weighted by Gasteiger charge is -2.12. The van der Waals surface area contributed by atoms with E-state index in [-0.39, 0.29) is 10.9 Å². The smallest absolute Gasteiger partial charge is 0.339 e. The monoisotopic (exact) mass is 338 g/mol. The van der Waals surface area contributed by atoms with Gasteiger partial charge in [-0.05, 0) is 13.3 Å². The van der Waals surface area contributed by atoms with Crippen LogP contribution in [0, 0.1) is 0 Å². The van der Waals surface area contributed by atoms with Crippen molar-refractivity contribution in [1.29, 1.82) is 0 Å². The predicted octanol–water partition coefficient (Wildman–Crippen LogP) is 2.15. The summed E-state index contributed by atoms with van der Waals surface area (Å²) >= 11 is 1.19. The number of nitrogens with zero attached hydrogens (tertiary/aromatic N) is 2. The number of aromatic nitrogens is 2. The minimum atomic E-state index is -0.826. The van der Waals surface area contributed by atoms with E-state index in [9.17, 15) is 14.4 Å². The van der Waals surface area contributed by atoms with Gasteiger partial charge in [0, 0.05) is 5.38 Å². The molecule has 0 bridgehead atoms. The number of fused-ring (bicyclic) bond motifs is 1. The Bertz CT molecular complexity index is 780. The first kappa shape index (κ1) is 17.1. The zero-order valence-electron chi connectivity index (χ0n) is 13.2. The van der Waals surface area contributed by atoms with Gasteiger partial charge in [-0.15, -0.1) is 11.3 Å². The molecule has 2 heterocycles. The van der Waals surface area contributed by atoms with E-state index in [1.165, 1.54) is 31.7 Å². The van der Waals surface area contributed by atoms with Gasteiger partial charge in [-0.1, -0.05) is 13.3 Å². The molecule has 0 aliphatic heterocycles. The summed E-state index contributed by atoms with van der Waals surface area (Å²) in [6, 6.07) is -0.826. The summed E-state index contributed by atoms with van der Waals surface area (Å²) in [6.45, 7) is 3.83. The zero-order chi connectivity index (χ0) is 17.0. The van der Waals surface area contributed by atoms with Crippen LogP contribution in [0.1, 0.15) is 43.1 Å². The summed E-state index contributed by atoms with van der Waals surface area (Å²) in [7, 11) is 1.25. The SMILES string of the molecule is CCCCOC(=O)c1csc2ncn(C(C)C(=O)OC)c(=O)c12. The van der Waals surface area contributed by atoms with Crippen molar-refractivity contribution in [3.05, 3.63) is 27.6 Å². The quantitative estimate of drug-likeness (QED) is 0.592. The molecule has 2 rings (SSSR count). The van der Waals surface area contributed by atoms with Crippen molar-refractivity contribution >= 4 is 33.5 Å². The molecule has 0 aromatic carbocycles. The molecule has 0 saturated carbocycles. The van der Waals surface area contributed by atoms with Crippen molar-refractivity contribution in [2.45, 2.75) is 32.7 Å². The lowest BCUT2D eigenvalue weighted by molar-refractivity contribution is -0.144. The van der Waals surface area contributed by atoms with Crippen molar-refractivity contribution < 1.29 is 19.1 Å². The third-order valence-electron chi connectivity index (χ3n) is 3.43. The number of hydrogen-bond donors (Lipinski definition) is 0. The molecule has 2 aromatic rings. The molecule has 8 heteroatoms. The van der Waals surface area contributed by atoms with Gasteiger partial charge in [-0.25, -0.2) is 14.6 Å². The molecule has 23 heavy (non-hydrogen) atoms. The van der Waals surface area contributed by atoms with Gasteiger partial charge in [-0.3, -0.25) is 9.36 Å². The number of rotatable bonds is 6. The Morgan fingerprint density at radius 1 is 1.43 bits per heavy atom. The van der Waals surface area contributed by atoms with Crippen molar-refractivity contribution in [3.8, 4) is 0 Å². The number of ether oxygens (including phenoxy) is 2. The van der Waals surface area contributed by atoms with Crippen LogP contribution in [-0.4, -0.2) is 35.2 Å². The third-order valence-corrected chi connectivity index (χ3v) is 4.32. The van der Waals surface area contributed by atoms with Gasteiger partial charge in [0.25, 0.3) is 5.56 Å². The molecule has 0 aliphatic carbocycles. The number of carbonyl (C=O) groups excluding carboxylic acids is 2. The highest BCUT2D eigenvalue weighted by atomic mass is 32.1. The second-order valence-electron chi connectivity index (χ2n) is 4.98. The van der Waals surface area contributed by atoms with Gasteiger partial charge in [0.2, 0.25) is 0 Å². The summed E-state index contributed by atoms with van der Waals surface area (Å²) in [4.78, 5) is 41.0. The Labute approximate surface area is 136 Å². The number of thiophene rings is 1. The molecule has 0 fully saturated rings. The van der Waals surface area contributed by atoms with Gasteiger partial charge in [0.1, 0.15) is 10.9 Å². The van der Waals surface area contributed by atoms with Crippen LogP contribution in [0.4, 0.5) is 0 Å². The third kappa shape index (κ3) is 3.42. The fourth-order valence-corrected chi connectivity index (χ4v) is 2.91. The first-order valence-electron chi connectivity index (χ1n) is 7.24. The molecule has 0 saturated heterocycles. The molecule has 0 amide bonds. The van der Waals surface area contributed by atoms with Gasteiger partial charge < -0.3 is 9.47 Å². The first-order chi connectivity index (χ1) is 11.0. The Morgan fingerprint density at radius 3 is 2.83 bits per heavy atom. The fraction of sp³-hybridized carbons (Fsp3) is 0.467. The van der Waals surface area contributed by atoms with Crippen molar-refractivity contribution in [1.82, 2.24) is 9.55 Å². The molecular weight excluding hydrogens is 320 g/mol. The van der Waals surface area contributed by atoms with Crippen LogP contribution >= 0.6 is 11.3 Å². The Hall–Kier alpha value is -2.22. The van der Waals surface area contributed by atoms with E-state index in [2.05, 4.69) is 9.72 Å². The van der Waals surface area contributed by atoms with Crippen molar-refractivity contribution in [2.24, 2.45) is 0 Å². The maximum absolute atomic E-state index is 12.6. The molecule has 0 aliphatic rings. The topological polar surface area (TPSA) is 87.5 Å². The number of carbonyl (C=O) groups is 2. The van der Waals surface area contributed by atoms with Gasteiger partial charge in [-0.2, -0.15) is 0 Å². The maximum Gasteiger partial charge on any atom is 0.339 e. The van der Waals surface area contributed by atoms with Gasteiger partial charge in [0.15, 0.2) is 0 Å². The largest absolute Gasteiger partial charge is 0.467 e. The van der Waals surface area contributed by atoms with E-state index in [0.29, 0.717) is 11.4 Å². The average Bonchev–Trinajstić information content (AvgIpc) is 2.99. The summed E-state index contributed by atoms with van der Waals surface area (Å²) in [5.41, 5.74) is -0.276. The van der Waals surface area contributed by atoms with Crippen molar-refractivity contribution in [2.75, 3.05) is 13.7 Å². The van der Waals surface area contributed by atoms with E-state index < -0.39 is 23.5 Å². The fourth-order valence-electron chi connectivity index (χ4n) is 2.04. The summed E-state index contributed by atoms with van der Waals surface area (Å²) < 4.78 is 11.0. The minimum absolute atomic E-state index is 0.176. The average molecular weight is 338 g/mol. The van der Waals surface area contributed by atoms with E-state index in [1.807, 2.05) is 6.92 Å². The highest BCUT2D eigenvalue weighted by Gasteiger charge is 2.22. The number of methoxy groups -OCH3 is 1. The standard InChI is InChI=1S/C15H18N2O5S/c1-4-5-6-22-15(20)10-7-23-12-11(10)13(18)17(8-16-12)9(2)14(19)21-3/h7-9H,4-6H2,1-3H3. The van der Waals surface area contributed by atoms with Crippen LogP contribution < -0.4 is 5.56 Å². The lowest BCUT2D eigenvalue weighted by atomic mass is 10.2. The molecule has 124 valence electrons.